The molecule has 0 radical (unpaired) electrons. The Morgan fingerprint density at radius 3 is 2.67 bits per heavy atom. The van der Waals surface area contributed by atoms with Gasteiger partial charge in [0.15, 0.2) is 0 Å². The number of anilines is 1. The second-order valence-electron chi connectivity index (χ2n) is 5.97. The predicted molar refractivity (Wildman–Crippen MR) is 88.1 cm³/mol. The molecule has 0 spiro atoms. The topological polar surface area (TPSA) is 93.0 Å². The van der Waals surface area contributed by atoms with Crippen LogP contribution in [0.25, 0.3) is 0 Å². The third-order valence-corrected chi connectivity index (χ3v) is 4.14. The van der Waals surface area contributed by atoms with Crippen molar-refractivity contribution in [1.82, 2.24) is 4.90 Å². The van der Waals surface area contributed by atoms with Crippen molar-refractivity contribution >= 4 is 23.3 Å². The van der Waals surface area contributed by atoms with Gasteiger partial charge in [-0.15, -0.1) is 0 Å². The monoisotopic (exact) mass is 335 g/mol. The molecule has 1 fully saturated rings. The summed E-state index contributed by atoms with van der Waals surface area (Å²) in [7, 11) is 4.73. The Balaban J connectivity index is 2.24. The fourth-order valence-corrected chi connectivity index (χ4v) is 2.88. The average Bonchev–Trinajstić information content (AvgIpc) is 2.59. The number of benzene rings is 1. The molecule has 0 N–H and O–H groups in total. The van der Waals surface area contributed by atoms with E-state index in [1.807, 2.05) is 0 Å². The summed E-state index contributed by atoms with van der Waals surface area (Å²) in [5.74, 6) is -0.984. The number of carbonyl (C=O) groups excluding carboxylic acids is 2. The maximum atomic E-state index is 12.6. The molecule has 1 heterocycles. The van der Waals surface area contributed by atoms with Gasteiger partial charge < -0.3 is 14.5 Å². The molecule has 0 aliphatic carbocycles. The van der Waals surface area contributed by atoms with Gasteiger partial charge in [-0.2, -0.15) is 0 Å². The average molecular weight is 335 g/mol. The fraction of sp³-hybridized carbons (Fsp3) is 0.500. The first-order chi connectivity index (χ1) is 11.3. The first-order valence-electron chi connectivity index (χ1n) is 7.68. The second-order valence-corrected chi connectivity index (χ2v) is 5.97. The molecule has 1 atom stereocenters. The van der Waals surface area contributed by atoms with Crippen LogP contribution in [0.2, 0.25) is 0 Å². The molecule has 24 heavy (non-hydrogen) atoms. The Kier molecular flexibility index (Phi) is 5.38. The molecule has 1 amide bonds. The van der Waals surface area contributed by atoms with Crippen molar-refractivity contribution in [3.63, 3.8) is 0 Å². The van der Waals surface area contributed by atoms with Gasteiger partial charge in [-0.3, -0.25) is 19.7 Å². The predicted octanol–water partition coefficient (Wildman–Crippen LogP) is 1.69. The van der Waals surface area contributed by atoms with Crippen LogP contribution in [-0.2, 0) is 9.53 Å². The third-order valence-electron chi connectivity index (χ3n) is 4.14. The molecule has 0 aromatic heterocycles. The lowest BCUT2D eigenvalue weighted by molar-refractivity contribution is -0.384. The van der Waals surface area contributed by atoms with Crippen molar-refractivity contribution in [1.29, 1.82) is 0 Å². The van der Waals surface area contributed by atoms with Crippen LogP contribution in [0.15, 0.2) is 18.2 Å². The Morgan fingerprint density at radius 1 is 1.38 bits per heavy atom. The summed E-state index contributed by atoms with van der Waals surface area (Å²) in [6, 6.07) is 4.43. The van der Waals surface area contributed by atoms with E-state index in [1.54, 1.807) is 36.0 Å². The lowest BCUT2D eigenvalue weighted by atomic mass is 9.97. The van der Waals surface area contributed by atoms with E-state index >= 15 is 0 Å². The number of nitro groups is 1. The van der Waals surface area contributed by atoms with Crippen LogP contribution in [0.4, 0.5) is 11.4 Å². The minimum absolute atomic E-state index is 0.118. The van der Waals surface area contributed by atoms with Gasteiger partial charge >= 0.3 is 5.97 Å². The smallest absolute Gasteiger partial charge is 0.310 e. The SMILES string of the molecule is COC(=O)C1CCCN(C(=O)c2ccc(N(C)C)c([N+](=O)[O-])c2)C1. The molecule has 2 rings (SSSR count). The minimum Gasteiger partial charge on any atom is -0.469 e. The molecule has 8 nitrogen and oxygen atoms in total. The zero-order valence-electron chi connectivity index (χ0n) is 14.0. The number of nitro benzene ring substituents is 1. The van der Waals surface area contributed by atoms with Crippen molar-refractivity contribution < 1.29 is 19.2 Å². The number of ether oxygens (including phenoxy) is 1. The summed E-state index contributed by atoms with van der Waals surface area (Å²) in [6.45, 7) is 0.796. The van der Waals surface area contributed by atoms with Gasteiger partial charge in [0.25, 0.3) is 11.6 Å². The molecule has 1 aliphatic heterocycles. The number of methoxy groups -OCH3 is 1. The normalized spacial score (nSPS) is 17.3. The van der Waals surface area contributed by atoms with Crippen molar-refractivity contribution in [2.75, 3.05) is 39.2 Å². The van der Waals surface area contributed by atoms with Crippen molar-refractivity contribution in [3.05, 3.63) is 33.9 Å². The summed E-state index contributed by atoms with van der Waals surface area (Å²) in [6.07, 6.45) is 1.37. The number of hydrogen-bond acceptors (Lipinski definition) is 6. The van der Waals surface area contributed by atoms with Crippen molar-refractivity contribution in [2.24, 2.45) is 5.92 Å². The van der Waals surface area contributed by atoms with E-state index in [2.05, 4.69) is 0 Å². The number of rotatable bonds is 4. The van der Waals surface area contributed by atoms with Gasteiger partial charge in [0, 0.05) is 38.8 Å². The first kappa shape index (κ1) is 17.7. The molecular weight excluding hydrogens is 314 g/mol. The Morgan fingerprint density at radius 2 is 2.08 bits per heavy atom. The van der Waals surface area contributed by atoms with E-state index < -0.39 is 4.92 Å². The highest BCUT2D eigenvalue weighted by Crippen LogP contribution is 2.29. The van der Waals surface area contributed by atoms with E-state index in [0.717, 1.165) is 0 Å². The van der Waals surface area contributed by atoms with E-state index in [9.17, 15) is 19.7 Å². The Labute approximate surface area is 140 Å². The number of amides is 1. The van der Waals surface area contributed by atoms with Gasteiger partial charge in [-0.1, -0.05) is 0 Å². The molecule has 0 bridgehead atoms. The number of hydrogen-bond donors (Lipinski definition) is 0. The molecule has 8 heteroatoms. The second kappa shape index (κ2) is 7.29. The van der Waals surface area contributed by atoms with Crippen LogP contribution in [0, 0.1) is 16.0 Å². The van der Waals surface area contributed by atoms with Crippen LogP contribution in [-0.4, -0.2) is 56.0 Å². The van der Waals surface area contributed by atoms with Gasteiger partial charge in [-0.05, 0) is 25.0 Å². The van der Waals surface area contributed by atoms with E-state index in [-0.39, 0.29) is 35.6 Å². The number of likely N-dealkylation sites (tertiary alicyclic amines) is 1. The lowest BCUT2D eigenvalue weighted by Gasteiger charge is -2.31. The maximum Gasteiger partial charge on any atom is 0.310 e. The van der Waals surface area contributed by atoms with Gasteiger partial charge in [0.05, 0.1) is 18.0 Å². The molecule has 1 aromatic rings. The highest BCUT2D eigenvalue weighted by molar-refractivity contribution is 5.96. The fourth-order valence-electron chi connectivity index (χ4n) is 2.88. The zero-order valence-corrected chi connectivity index (χ0v) is 14.0. The number of carbonyl (C=O) groups is 2. The van der Waals surface area contributed by atoms with Gasteiger partial charge in [0.2, 0.25) is 0 Å². The molecule has 1 saturated heterocycles. The van der Waals surface area contributed by atoms with Crippen LogP contribution >= 0.6 is 0 Å². The maximum absolute atomic E-state index is 12.6. The summed E-state index contributed by atoms with van der Waals surface area (Å²) < 4.78 is 4.74. The summed E-state index contributed by atoms with van der Waals surface area (Å²) in [4.78, 5) is 38.3. The third kappa shape index (κ3) is 3.64. The molecule has 1 unspecified atom stereocenters. The highest BCUT2D eigenvalue weighted by Gasteiger charge is 2.30. The van der Waals surface area contributed by atoms with Crippen LogP contribution < -0.4 is 4.90 Å². The number of piperidine rings is 1. The number of esters is 1. The van der Waals surface area contributed by atoms with E-state index in [0.29, 0.717) is 25.1 Å². The minimum atomic E-state index is -0.500. The largest absolute Gasteiger partial charge is 0.469 e. The van der Waals surface area contributed by atoms with Crippen molar-refractivity contribution in [2.45, 2.75) is 12.8 Å². The van der Waals surface area contributed by atoms with Gasteiger partial charge in [-0.25, -0.2) is 0 Å². The number of nitrogens with zero attached hydrogens (tertiary/aromatic N) is 3. The summed E-state index contributed by atoms with van der Waals surface area (Å²) in [5.41, 5.74) is 0.563. The van der Waals surface area contributed by atoms with Crippen molar-refractivity contribution in [3.8, 4) is 0 Å². The first-order valence-corrected chi connectivity index (χ1v) is 7.68. The van der Waals surface area contributed by atoms with E-state index in [4.69, 9.17) is 4.74 Å². The summed E-state index contributed by atoms with van der Waals surface area (Å²) >= 11 is 0. The quantitative estimate of drug-likeness (QED) is 0.472. The molecular formula is C16H21N3O5. The zero-order chi connectivity index (χ0) is 17.9. The lowest BCUT2D eigenvalue weighted by Crippen LogP contribution is -2.42. The molecule has 0 saturated carbocycles. The molecule has 130 valence electrons. The molecule has 1 aromatic carbocycles. The van der Waals surface area contributed by atoms with Gasteiger partial charge in [0.1, 0.15) is 5.69 Å². The molecule has 1 aliphatic rings. The van der Waals surface area contributed by atoms with Crippen LogP contribution in [0.1, 0.15) is 23.2 Å². The Bertz CT molecular complexity index is 659. The van der Waals surface area contributed by atoms with Crippen LogP contribution in [0.5, 0.6) is 0 Å². The summed E-state index contributed by atoms with van der Waals surface area (Å²) in [5, 5.41) is 11.3. The highest BCUT2D eigenvalue weighted by atomic mass is 16.6. The van der Waals surface area contributed by atoms with E-state index in [1.165, 1.54) is 13.2 Å². The van der Waals surface area contributed by atoms with Crippen LogP contribution in [0.3, 0.4) is 0 Å². The Hall–Kier alpha value is -2.64. The standard InChI is InChI=1S/C16H21N3O5/c1-17(2)13-7-6-11(9-14(13)19(22)23)15(20)18-8-4-5-12(10-18)16(21)24-3/h6-7,9,12H,4-5,8,10H2,1-3H3.